The minimum absolute atomic E-state index is 2.15. The first kappa shape index (κ1) is 12.4. The molecule has 0 aromatic carbocycles. The molecule has 1 atom stereocenters. The fourth-order valence-corrected chi connectivity index (χ4v) is 1.07. The summed E-state index contributed by atoms with van der Waals surface area (Å²) in [6.07, 6.45) is -17.7. The van der Waals surface area contributed by atoms with Crippen LogP contribution >= 0.6 is 0 Å². The molecule has 1 nitrogen and oxygen atoms in total. The van der Waals surface area contributed by atoms with Crippen LogP contribution in [0.15, 0.2) is 0 Å². The summed E-state index contributed by atoms with van der Waals surface area (Å²) in [6, 6.07) is 0. The molecule has 0 aromatic heterocycles. The summed E-state index contributed by atoms with van der Waals surface area (Å²) in [4.78, 5) is 0. The predicted molar refractivity (Wildman–Crippen MR) is 25.5 cm³/mol. The molecule has 0 aliphatic carbocycles. The molecule has 1 rings (SSSR count). The van der Waals surface area contributed by atoms with Crippen LogP contribution in [0.25, 0.3) is 0 Å². The summed E-state index contributed by atoms with van der Waals surface area (Å²) in [7, 11) is 0. The van der Waals surface area contributed by atoms with Crippen molar-refractivity contribution in [1.82, 2.24) is 0 Å². The Morgan fingerprint density at radius 2 is 1.27 bits per heavy atom. The van der Waals surface area contributed by atoms with E-state index >= 15 is 0 Å². The average Bonchev–Trinajstić information content (AvgIpc) is 1.87. The molecule has 1 fully saturated rings. The average molecular weight is 248 g/mol. The van der Waals surface area contributed by atoms with Gasteiger partial charge in [-0.25, -0.2) is 4.74 Å². The van der Waals surface area contributed by atoms with Gasteiger partial charge in [-0.15, -0.1) is 0 Å². The summed E-state index contributed by atoms with van der Waals surface area (Å²) in [5.74, 6) is -10.9. The highest BCUT2D eigenvalue weighted by Crippen LogP contribution is 2.60. The third-order valence-corrected chi connectivity index (χ3v) is 1.68. The van der Waals surface area contributed by atoms with E-state index in [2.05, 4.69) is 4.74 Å². The van der Waals surface area contributed by atoms with E-state index in [1.807, 2.05) is 0 Å². The first-order chi connectivity index (χ1) is 6.32. The van der Waals surface area contributed by atoms with Crippen molar-refractivity contribution in [2.45, 2.75) is 24.3 Å². The van der Waals surface area contributed by atoms with E-state index in [9.17, 15) is 39.5 Å². The van der Waals surface area contributed by atoms with Crippen molar-refractivity contribution < 1.29 is 44.3 Å². The molecule has 1 aliphatic rings. The molecular weight excluding hydrogens is 247 g/mol. The van der Waals surface area contributed by atoms with Gasteiger partial charge in [-0.05, 0) is 0 Å². The molecule has 90 valence electrons. The van der Waals surface area contributed by atoms with Crippen LogP contribution in [0.3, 0.4) is 0 Å². The Bertz CT molecular complexity index is 266. The molecule has 0 spiro atoms. The second-order valence-electron chi connectivity index (χ2n) is 2.78. The minimum Gasteiger partial charge on any atom is -0.250 e. The van der Waals surface area contributed by atoms with Gasteiger partial charge < -0.3 is 0 Å². The van der Waals surface area contributed by atoms with Gasteiger partial charge in [0.25, 0.3) is 0 Å². The maximum absolute atomic E-state index is 12.3. The van der Waals surface area contributed by atoms with Gasteiger partial charge in [0, 0.05) is 0 Å². The molecule has 1 aliphatic heterocycles. The highest BCUT2D eigenvalue weighted by Gasteiger charge is 2.85. The molecule has 1 unspecified atom stereocenters. The van der Waals surface area contributed by atoms with E-state index in [1.165, 1.54) is 0 Å². The van der Waals surface area contributed by atoms with E-state index in [1.54, 1.807) is 0 Å². The lowest BCUT2D eigenvalue weighted by Crippen LogP contribution is -2.48. The number of hydrogen-bond acceptors (Lipinski definition) is 1. The molecule has 1 heterocycles. The largest absolute Gasteiger partial charge is 0.424 e. The van der Waals surface area contributed by atoms with Gasteiger partial charge in [0.1, 0.15) is 0 Å². The Morgan fingerprint density at radius 1 is 0.867 bits per heavy atom. The van der Waals surface area contributed by atoms with Crippen LogP contribution in [-0.2, 0) is 4.74 Å². The second kappa shape index (κ2) is 2.71. The maximum atomic E-state index is 12.3. The van der Waals surface area contributed by atoms with Crippen LogP contribution in [0.4, 0.5) is 39.5 Å². The van der Waals surface area contributed by atoms with E-state index < -0.39 is 30.2 Å². The van der Waals surface area contributed by atoms with Crippen LogP contribution in [0.5, 0.6) is 0 Å². The van der Waals surface area contributed by atoms with Crippen LogP contribution in [0, 0.1) is 5.92 Å². The van der Waals surface area contributed by atoms with Crippen molar-refractivity contribution in [3.8, 4) is 0 Å². The van der Waals surface area contributed by atoms with Crippen molar-refractivity contribution in [1.29, 1.82) is 0 Å². The molecule has 0 bridgehead atoms. The molecule has 0 saturated carbocycles. The van der Waals surface area contributed by atoms with Gasteiger partial charge in [0.05, 0.1) is 0 Å². The predicted octanol–water partition coefficient (Wildman–Crippen LogP) is 3.02. The van der Waals surface area contributed by atoms with E-state index in [-0.39, 0.29) is 0 Å². The first-order valence-corrected chi connectivity index (χ1v) is 3.23. The monoisotopic (exact) mass is 248 g/mol. The van der Waals surface area contributed by atoms with E-state index in [0.29, 0.717) is 0 Å². The zero-order valence-corrected chi connectivity index (χ0v) is 6.39. The molecule has 10 heteroatoms. The van der Waals surface area contributed by atoms with Crippen molar-refractivity contribution in [3.63, 3.8) is 0 Å². The van der Waals surface area contributed by atoms with Crippen LogP contribution in [0.1, 0.15) is 0 Å². The topological polar surface area (TPSA) is 9.23 Å². The second-order valence-corrected chi connectivity index (χ2v) is 2.78. The summed E-state index contributed by atoms with van der Waals surface area (Å²) < 4.78 is 110. The molecular formula is C5HF9O. The van der Waals surface area contributed by atoms with Gasteiger partial charge in [-0.3, -0.25) is 0 Å². The van der Waals surface area contributed by atoms with Crippen LogP contribution in [-0.4, -0.2) is 24.3 Å². The first-order valence-electron chi connectivity index (χ1n) is 3.23. The molecule has 0 N–H and O–H groups in total. The van der Waals surface area contributed by atoms with Crippen molar-refractivity contribution in [2.75, 3.05) is 0 Å². The fraction of sp³-hybridized carbons (Fsp3) is 1.00. The zero-order chi connectivity index (χ0) is 12.3. The Labute approximate surface area is 75.8 Å². The minimum atomic E-state index is -6.20. The summed E-state index contributed by atoms with van der Waals surface area (Å²) >= 11 is 0. The SMILES string of the molecule is FC(F)(F)C1C(F)(F)OC(F)(F)C1(F)F. The molecule has 0 aromatic rings. The Hall–Kier alpha value is -0.670. The number of ether oxygens (including phenoxy) is 1. The summed E-state index contributed by atoms with van der Waals surface area (Å²) in [6.45, 7) is 0. The lowest BCUT2D eigenvalue weighted by Gasteiger charge is -2.23. The van der Waals surface area contributed by atoms with Gasteiger partial charge >= 0.3 is 24.3 Å². The fourth-order valence-electron chi connectivity index (χ4n) is 1.07. The quantitative estimate of drug-likeness (QED) is 0.599. The lowest BCUT2D eigenvalue weighted by molar-refractivity contribution is -0.363. The van der Waals surface area contributed by atoms with Gasteiger partial charge in [0.15, 0.2) is 0 Å². The molecule has 1 saturated heterocycles. The maximum Gasteiger partial charge on any atom is 0.424 e. The van der Waals surface area contributed by atoms with Crippen molar-refractivity contribution >= 4 is 0 Å². The summed E-state index contributed by atoms with van der Waals surface area (Å²) in [5.41, 5.74) is 0. The standard InChI is InChI=1S/C5HF9O/c6-2(7)1(3(8,9)10)4(11,12)15-5(2,13)14/h1H. The van der Waals surface area contributed by atoms with Gasteiger partial charge in [0.2, 0.25) is 5.92 Å². The van der Waals surface area contributed by atoms with Crippen LogP contribution in [0.2, 0.25) is 0 Å². The smallest absolute Gasteiger partial charge is 0.250 e. The highest BCUT2D eigenvalue weighted by molar-refractivity contribution is 5.00. The Kier molecular flexibility index (Phi) is 2.24. The lowest BCUT2D eigenvalue weighted by atomic mass is 10.0. The zero-order valence-electron chi connectivity index (χ0n) is 6.39. The van der Waals surface area contributed by atoms with Crippen molar-refractivity contribution in [3.05, 3.63) is 0 Å². The number of halogens is 9. The van der Waals surface area contributed by atoms with Crippen molar-refractivity contribution in [2.24, 2.45) is 5.92 Å². The highest BCUT2D eigenvalue weighted by atomic mass is 19.4. The third kappa shape index (κ3) is 1.64. The molecule has 0 amide bonds. The number of alkyl halides is 9. The summed E-state index contributed by atoms with van der Waals surface area (Å²) in [5, 5.41) is 0. The Balaban J connectivity index is 3.25. The van der Waals surface area contributed by atoms with E-state index in [0.717, 1.165) is 0 Å². The van der Waals surface area contributed by atoms with Crippen LogP contribution < -0.4 is 0 Å². The van der Waals surface area contributed by atoms with E-state index in [4.69, 9.17) is 0 Å². The third-order valence-electron chi connectivity index (χ3n) is 1.68. The molecule has 15 heavy (non-hydrogen) atoms. The Morgan fingerprint density at radius 3 is 1.40 bits per heavy atom. The normalized spacial score (nSPS) is 33.0. The number of hydrogen-bond donors (Lipinski definition) is 0. The molecule has 0 radical (unpaired) electrons. The number of rotatable bonds is 0. The van der Waals surface area contributed by atoms with Gasteiger partial charge in [-0.1, -0.05) is 0 Å². The van der Waals surface area contributed by atoms with Gasteiger partial charge in [-0.2, -0.15) is 39.5 Å².